The molecule has 0 fully saturated rings. The summed E-state index contributed by atoms with van der Waals surface area (Å²) in [5.74, 6) is 0. The van der Waals surface area contributed by atoms with E-state index in [1.165, 1.54) is 76.7 Å². The van der Waals surface area contributed by atoms with Crippen LogP contribution in [0.4, 0.5) is 17.1 Å². The summed E-state index contributed by atoms with van der Waals surface area (Å²) in [5.41, 5.74) is 14.0. The van der Waals surface area contributed by atoms with Crippen LogP contribution in [0.3, 0.4) is 0 Å². The van der Waals surface area contributed by atoms with E-state index in [9.17, 15) is 0 Å². The number of para-hydroxylation sites is 2. The second-order valence-electron chi connectivity index (χ2n) is 15.0. The van der Waals surface area contributed by atoms with Gasteiger partial charge in [-0.1, -0.05) is 158 Å². The molecule has 11 aromatic rings. The number of fused-ring (bicyclic) bond motifs is 5. The topological polar surface area (TPSA) is 8.17 Å². The molecule has 11 rings (SSSR count). The minimum absolute atomic E-state index is 1.09. The minimum Gasteiger partial charge on any atom is -0.310 e. The Morgan fingerprint density at radius 1 is 0.259 bits per heavy atom. The highest BCUT2D eigenvalue weighted by molar-refractivity contribution is 6.10. The number of anilines is 3. The molecule has 10 aromatic carbocycles. The predicted octanol–water partition coefficient (Wildman–Crippen LogP) is 15.6. The van der Waals surface area contributed by atoms with E-state index in [0.29, 0.717) is 0 Å². The zero-order valence-electron chi connectivity index (χ0n) is 31.8. The smallest absolute Gasteiger partial charge is 0.0561 e. The van der Waals surface area contributed by atoms with Gasteiger partial charge >= 0.3 is 0 Å². The van der Waals surface area contributed by atoms with Crippen molar-refractivity contribution in [2.45, 2.75) is 0 Å². The van der Waals surface area contributed by atoms with Crippen molar-refractivity contribution in [2.24, 2.45) is 0 Å². The largest absolute Gasteiger partial charge is 0.310 e. The summed E-state index contributed by atoms with van der Waals surface area (Å²) in [5, 5.41) is 7.48. The molecule has 0 saturated carbocycles. The van der Waals surface area contributed by atoms with Crippen LogP contribution in [0.1, 0.15) is 0 Å². The third kappa shape index (κ3) is 6.00. The fraction of sp³-hybridized carbons (Fsp3) is 0. The third-order valence-corrected chi connectivity index (χ3v) is 11.5. The molecule has 0 spiro atoms. The van der Waals surface area contributed by atoms with Crippen molar-refractivity contribution in [3.8, 4) is 39.1 Å². The Labute approximate surface area is 338 Å². The van der Waals surface area contributed by atoms with Crippen LogP contribution >= 0.6 is 0 Å². The molecule has 1 aromatic heterocycles. The van der Waals surface area contributed by atoms with Gasteiger partial charge in [-0.25, -0.2) is 0 Å². The number of aromatic nitrogens is 1. The van der Waals surface area contributed by atoms with Gasteiger partial charge in [0, 0.05) is 33.5 Å². The zero-order valence-corrected chi connectivity index (χ0v) is 31.8. The second-order valence-corrected chi connectivity index (χ2v) is 15.0. The van der Waals surface area contributed by atoms with Crippen LogP contribution in [-0.2, 0) is 0 Å². The first-order valence-electron chi connectivity index (χ1n) is 19.9. The molecule has 0 atom stereocenters. The van der Waals surface area contributed by atoms with Crippen LogP contribution in [-0.4, -0.2) is 4.57 Å². The molecule has 0 bridgehead atoms. The highest BCUT2D eigenvalue weighted by Gasteiger charge is 2.18. The predicted molar refractivity (Wildman–Crippen MR) is 247 cm³/mol. The highest BCUT2D eigenvalue weighted by Crippen LogP contribution is 2.41. The average Bonchev–Trinajstić information content (AvgIpc) is 3.63. The van der Waals surface area contributed by atoms with E-state index in [1.807, 2.05) is 0 Å². The number of hydrogen-bond acceptors (Lipinski definition) is 1. The molecular weight excluding hydrogens is 701 g/mol. The quantitative estimate of drug-likeness (QED) is 0.158. The SMILES string of the molecule is c1ccc(-n2c3ccccc3c3ccc(N(c4ccc(-c5cccc(-c6ccc7ccccc7c6)c5)cc4)c4ccc(-c5ccc6ccccc6c5)cc4)cc32)cc1. The van der Waals surface area contributed by atoms with Gasteiger partial charge in [0.1, 0.15) is 0 Å². The van der Waals surface area contributed by atoms with Gasteiger partial charge in [-0.05, 0) is 128 Å². The normalized spacial score (nSPS) is 11.4. The lowest BCUT2D eigenvalue weighted by atomic mass is 9.97. The highest BCUT2D eigenvalue weighted by atomic mass is 15.1. The summed E-state index contributed by atoms with van der Waals surface area (Å²) in [6, 6.07) is 83.7. The van der Waals surface area contributed by atoms with E-state index in [1.54, 1.807) is 0 Å². The number of nitrogens with zero attached hydrogens (tertiary/aromatic N) is 2. The van der Waals surface area contributed by atoms with Crippen molar-refractivity contribution in [1.29, 1.82) is 0 Å². The maximum Gasteiger partial charge on any atom is 0.0561 e. The molecular formula is C56H38N2. The fourth-order valence-corrected chi connectivity index (χ4v) is 8.62. The van der Waals surface area contributed by atoms with E-state index in [2.05, 4.69) is 240 Å². The first-order chi connectivity index (χ1) is 28.7. The molecule has 0 aliphatic carbocycles. The number of benzene rings is 10. The van der Waals surface area contributed by atoms with Crippen molar-refractivity contribution >= 4 is 60.4 Å². The standard InChI is InChI=1S/C56H38N2/c1-2-17-49(18-3-1)58-55-20-9-8-19-53(55)54-34-33-52(38-56(54)58)57(51-31-27-42(28-32-51)47-23-21-39-11-4-6-13-43(39)36-47)50-29-25-41(26-30-50)45-15-10-16-46(35-45)48-24-22-40-12-5-7-14-44(40)37-48/h1-38H. The molecule has 0 unspecified atom stereocenters. The van der Waals surface area contributed by atoms with Gasteiger partial charge in [0.25, 0.3) is 0 Å². The van der Waals surface area contributed by atoms with Crippen LogP contribution in [0.25, 0.3) is 82.4 Å². The summed E-state index contributed by atoms with van der Waals surface area (Å²) in [7, 11) is 0. The van der Waals surface area contributed by atoms with E-state index in [4.69, 9.17) is 0 Å². The Balaban J connectivity index is 1.02. The molecule has 0 saturated heterocycles. The molecule has 0 amide bonds. The average molecular weight is 739 g/mol. The van der Waals surface area contributed by atoms with Crippen LogP contribution in [0.5, 0.6) is 0 Å². The van der Waals surface area contributed by atoms with Crippen LogP contribution in [0, 0.1) is 0 Å². The third-order valence-electron chi connectivity index (χ3n) is 11.5. The molecule has 2 nitrogen and oxygen atoms in total. The summed E-state index contributed by atoms with van der Waals surface area (Å²) < 4.78 is 2.39. The fourth-order valence-electron chi connectivity index (χ4n) is 8.62. The lowest BCUT2D eigenvalue weighted by molar-refractivity contribution is 1.18. The maximum absolute atomic E-state index is 2.39. The Morgan fingerprint density at radius 2 is 0.724 bits per heavy atom. The van der Waals surface area contributed by atoms with E-state index in [-0.39, 0.29) is 0 Å². The van der Waals surface area contributed by atoms with Crippen molar-refractivity contribution in [1.82, 2.24) is 4.57 Å². The van der Waals surface area contributed by atoms with Gasteiger partial charge in [-0.15, -0.1) is 0 Å². The lowest BCUT2D eigenvalue weighted by Crippen LogP contribution is -2.10. The Morgan fingerprint density at radius 3 is 1.36 bits per heavy atom. The van der Waals surface area contributed by atoms with Crippen molar-refractivity contribution in [2.75, 3.05) is 4.90 Å². The second kappa shape index (κ2) is 14.1. The Kier molecular flexibility index (Phi) is 8.19. The summed E-state index contributed by atoms with van der Waals surface area (Å²) >= 11 is 0. The van der Waals surface area contributed by atoms with E-state index >= 15 is 0 Å². The lowest BCUT2D eigenvalue weighted by Gasteiger charge is -2.26. The van der Waals surface area contributed by atoms with E-state index < -0.39 is 0 Å². The van der Waals surface area contributed by atoms with Gasteiger partial charge in [-0.2, -0.15) is 0 Å². The van der Waals surface area contributed by atoms with Crippen LogP contribution in [0.15, 0.2) is 231 Å². The molecule has 1 heterocycles. The van der Waals surface area contributed by atoms with Gasteiger partial charge in [0.15, 0.2) is 0 Å². The number of rotatable bonds is 7. The zero-order chi connectivity index (χ0) is 38.4. The monoisotopic (exact) mass is 738 g/mol. The summed E-state index contributed by atoms with van der Waals surface area (Å²) in [4.78, 5) is 2.38. The summed E-state index contributed by atoms with van der Waals surface area (Å²) in [6.45, 7) is 0. The number of hydrogen-bond donors (Lipinski definition) is 0. The van der Waals surface area contributed by atoms with Gasteiger partial charge in [0.05, 0.1) is 11.0 Å². The van der Waals surface area contributed by atoms with Crippen LogP contribution in [0.2, 0.25) is 0 Å². The van der Waals surface area contributed by atoms with Crippen molar-refractivity contribution < 1.29 is 0 Å². The molecule has 272 valence electrons. The van der Waals surface area contributed by atoms with E-state index in [0.717, 1.165) is 22.7 Å². The minimum atomic E-state index is 1.09. The van der Waals surface area contributed by atoms with Gasteiger partial charge in [-0.3, -0.25) is 0 Å². The molecule has 0 N–H and O–H groups in total. The van der Waals surface area contributed by atoms with Crippen molar-refractivity contribution in [3.63, 3.8) is 0 Å². The molecule has 2 heteroatoms. The van der Waals surface area contributed by atoms with Crippen molar-refractivity contribution in [3.05, 3.63) is 231 Å². The first-order valence-corrected chi connectivity index (χ1v) is 19.9. The van der Waals surface area contributed by atoms with Gasteiger partial charge in [0.2, 0.25) is 0 Å². The Bertz CT molecular complexity index is 3270. The maximum atomic E-state index is 2.39. The molecule has 0 aliphatic rings. The molecule has 58 heavy (non-hydrogen) atoms. The molecule has 0 aliphatic heterocycles. The Hall–Kier alpha value is -7.68. The summed E-state index contributed by atoms with van der Waals surface area (Å²) in [6.07, 6.45) is 0. The molecule has 0 radical (unpaired) electrons. The van der Waals surface area contributed by atoms with Gasteiger partial charge < -0.3 is 9.47 Å². The van der Waals surface area contributed by atoms with Crippen LogP contribution < -0.4 is 4.90 Å². The first kappa shape index (κ1) is 33.6.